The van der Waals surface area contributed by atoms with E-state index in [0.29, 0.717) is 5.92 Å². The Morgan fingerprint density at radius 3 is 2.91 bits per heavy atom. The van der Waals surface area contributed by atoms with Crippen LogP contribution in [-0.4, -0.2) is 35.6 Å². The summed E-state index contributed by atoms with van der Waals surface area (Å²) in [5, 5.41) is 8.94. The highest BCUT2D eigenvalue weighted by atomic mass is 16.3. The van der Waals surface area contributed by atoms with Crippen LogP contribution < -0.4 is 0 Å². The Kier molecular flexibility index (Phi) is 2.88. The average Bonchev–Trinajstić information content (AvgIpc) is 2.45. The Morgan fingerprint density at radius 1 is 1.73 bits per heavy atom. The number of nitrogens with zero attached hydrogens (tertiary/aromatic N) is 1. The van der Waals surface area contributed by atoms with Crippen LogP contribution in [0.5, 0.6) is 0 Å². The van der Waals surface area contributed by atoms with Gasteiger partial charge in [0.25, 0.3) is 0 Å². The molecule has 2 unspecified atom stereocenters. The zero-order valence-corrected chi connectivity index (χ0v) is 6.86. The van der Waals surface area contributed by atoms with Gasteiger partial charge < -0.3 is 10.0 Å². The lowest BCUT2D eigenvalue weighted by atomic mass is 10.00. The van der Waals surface area contributed by atoms with Gasteiger partial charge in [0.2, 0.25) is 6.41 Å². The normalized spacial score (nSPS) is 30.9. The van der Waals surface area contributed by atoms with Gasteiger partial charge in [-0.2, -0.15) is 0 Å². The molecule has 1 amide bonds. The van der Waals surface area contributed by atoms with Crippen molar-refractivity contribution in [1.29, 1.82) is 0 Å². The summed E-state index contributed by atoms with van der Waals surface area (Å²) < 4.78 is 0. The Bertz CT molecular complexity index is 138. The average molecular weight is 157 g/mol. The van der Waals surface area contributed by atoms with Crippen LogP contribution in [0, 0.1) is 5.92 Å². The van der Waals surface area contributed by atoms with Crippen LogP contribution in [0.1, 0.15) is 19.8 Å². The summed E-state index contributed by atoms with van der Waals surface area (Å²) >= 11 is 0. The van der Waals surface area contributed by atoms with E-state index in [9.17, 15) is 4.79 Å². The van der Waals surface area contributed by atoms with Crippen molar-refractivity contribution in [3.63, 3.8) is 0 Å². The van der Waals surface area contributed by atoms with E-state index in [1.807, 2.05) is 0 Å². The summed E-state index contributed by atoms with van der Waals surface area (Å²) in [6, 6.07) is 0.275. The predicted octanol–water partition coefficient (Wildman–Crippen LogP) is 0.236. The van der Waals surface area contributed by atoms with Crippen molar-refractivity contribution < 1.29 is 9.90 Å². The summed E-state index contributed by atoms with van der Waals surface area (Å²) in [6.07, 6.45) is 2.79. The van der Waals surface area contributed by atoms with Gasteiger partial charge in [-0.1, -0.05) is 6.92 Å². The molecule has 1 aliphatic heterocycles. The van der Waals surface area contributed by atoms with Gasteiger partial charge in [0.05, 0.1) is 0 Å². The maximum absolute atomic E-state index is 10.5. The maximum atomic E-state index is 10.5. The Labute approximate surface area is 67.0 Å². The van der Waals surface area contributed by atoms with Crippen LogP contribution in [-0.2, 0) is 4.79 Å². The van der Waals surface area contributed by atoms with Gasteiger partial charge in [-0.25, -0.2) is 0 Å². The number of hydrogen-bond donors (Lipinski definition) is 1. The molecule has 0 spiro atoms. The summed E-state index contributed by atoms with van der Waals surface area (Å²) in [7, 11) is 0. The summed E-state index contributed by atoms with van der Waals surface area (Å²) in [6.45, 7) is 3.07. The molecule has 1 aliphatic rings. The highest BCUT2D eigenvalue weighted by Gasteiger charge is 2.30. The first-order valence-corrected chi connectivity index (χ1v) is 4.15. The first kappa shape index (κ1) is 8.53. The van der Waals surface area contributed by atoms with Crippen LogP contribution in [0.2, 0.25) is 0 Å². The molecule has 0 bridgehead atoms. The highest BCUT2D eigenvalue weighted by Crippen LogP contribution is 2.24. The molecule has 64 valence electrons. The Balaban J connectivity index is 2.54. The molecule has 11 heavy (non-hydrogen) atoms. The lowest BCUT2D eigenvalue weighted by molar-refractivity contribution is -0.119. The molecule has 1 rings (SSSR count). The second-order valence-corrected chi connectivity index (χ2v) is 3.05. The van der Waals surface area contributed by atoms with Gasteiger partial charge in [-0.05, 0) is 12.8 Å². The van der Waals surface area contributed by atoms with Crippen LogP contribution in [0.4, 0.5) is 0 Å². The Morgan fingerprint density at radius 2 is 2.45 bits per heavy atom. The third-order valence-corrected chi connectivity index (χ3v) is 2.52. The van der Waals surface area contributed by atoms with Gasteiger partial charge in [0.1, 0.15) is 0 Å². The quantitative estimate of drug-likeness (QED) is 0.596. The minimum absolute atomic E-state index is 0.211. The molecule has 1 N–H and O–H groups in total. The van der Waals surface area contributed by atoms with Gasteiger partial charge in [0, 0.05) is 25.1 Å². The van der Waals surface area contributed by atoms with Crippen molar-refractivity contribution in [1.82, 2.24) is 4.90 Å². The van der Waals surface area contributed by atoms with Crippen molar-refractivity contribution in [3.05, 3.63) is 0 Å². The topological polar surface area (TPSA) is 40.5 Å². The zero-order valence-electron chi connectivity index (χ0n) is 6.86. The summed E-state index contributed by atoms with van der Waals surface area (Å²) in [5.74, 6) is 0.310. The van der Waals surface area contributed by atoms with E-state index in [4.69, 9.17) is 5.11 Å². The number of aliphatic hydroxyl groups is 1. The molecule has 0 aliphatic carbocycles. The lowest BCUT2D eigenvalue weighted by Gasteiger charge is -2.22. The molecule has 0 saturated carbocycles. The molecule has 0 aromatic heterocycles. The SMILES string of the molecule is CCC1C(CO)CCN1C=O. The summed E-state index contributed by atoms with van der Waals surface area (Å²) in [5.41, 5.74) is 0. The number of likely N-dealkylation sites (tertiary alicyclic amines) is 1. The Hall–Kier alpha value is -0.570. The minimum atomic E-state index is 0.211. The van der Waals surface area contributed by atoms with Crippen LogP contribution in [0.25, 0.3) is 0 Å². The second-order valence-electron chi connectivity index (χ2n) is 3.05. The third-order valence-electron chi connectivity index (χ3n) is 2.52. The van der Waals surface area contributed by atoms with E-state index in [1.54, 1.807) is 4.90 Å². The van der Waals surface area contributed by atoms with Crippen LogP contribution in [0.15, 0.2) is 0 Å². The lowest BCUT2D eigenvalue weighted by Crippen LogP contribution is -2.32. The molecule has 1 fully saturated rings. The molecule has 0 aromatic carbocycles. The van der Waals surface area contributed by atoms with Gasteiger partial charge in [-0.3, -0.25) is 4.79 Å². The van der Waals surface area contributed by atoms with E-state index in [-0.39, 0.29) is 12.6 Å². The van der Waals surface area contributed by atoms with E-state index in [0.717, 1.165) is 25.8 Å². The monoisotopic (exact) mass is 157 g/mol. The van der Waals surface area contributed by atoms with Gasteiger partial charge in [0.15, 0.2) is 0 Å². The van der Waals surface area contributed by atoms with Crippen molar-refractivity contribution >= 4 is 6.41 Å². The number of rotatable bonds is 3. The fourth-order valence-corrected chi connectivity index (χ4v) is 1.86. The zero-order chi connectivity index (χ0) is 8.27. The molecule has 1 heterocycles. The molecular formula is C8H15NO2. The van der Waals surface area contributed by atoms with Gasteiger partial charge in [-0.15, -0.1) is 0 Å². The van der Waals surface area contributed by atoms with Crippen LogP contribution >= 0.6 is 0 Å². The maximum Gasteiger partial charge on any atom is 0.209 e. The fraction of sp³-hybridized carbons (Fsp3) is 0.875. The molecule has 0 aromatic rings. The van der Waals surface area contributed by atoms with E-state index in [2.05, 4.69) is 6.92 Å². The highest BCUT2D eigenvalue weighted by molar-refractivity contribution is 5.48. The number of hydrogen-bond acceptors (Lipinski definition) is 2. The predicted molar refractivity (Wildman–Crippen MR) is 42.0 cm³/mol. The first-order chi connectivity index (χ1) is 5.33. The van der Waals surface area contributed by atoms with Crippen molar-refractivity contribution in [2.24, 2.45) is 5.92 Å². The molecule has 0 radical (unpaired) electrons. The van der Waals surface area contributed by atoms with Gasteiger partial charge >= 0.3 is 0 Å². The van der Waals surface area contributed by atoms with Crippen molar-refractivity contribution in [3.8, 4) is 0 Å². The van der Waals surface area contributed by atoms with Crippen molar-refractivity contribution in [2.45, 2.75) is 25.8 Å². The largest absolute Gasteiger partial charge is 0.396 e. The number of carbonyl (C=O) groups is 1. The minimum Gasteiger partial charge on any atom is -0.396 e. The molecule has 1 saturated heterocycles. The standard InChI is InChI=1S/C8H15NO2/c1-2-8-7(5-10)3-4-9(8)6-11/h6-8,10H,2-5H2,1H3. The molecule has 2 atom stereocenters. The fourth-order valence-electron chi connectivity index (χ4n) is 1.86. The van der Waals surface area contributed by atoms with E-state index >= 15 is 0 Å². The number of amides is 1. The van der Waals surface area contributed by atoms with E-state index in [1.165, 1.54) is 0 Å². The second kappa shape index (κ2) is 3.72. The smallest absolute Gasteiger partial charge is 0.209 e. The number of carbonyl (C=O) groups excluding carboxylic acids is 1. The first-order valence-electron chi connectivity index (χ1n) is 4.15. The third kappa shape index (κ3) is 1.53. The van der Waals surface area contributed by atoms with E-state index < -0.39 is 0 Å². The van der Waals surface area contributed by atoms with Crippen LogP contribution in [0.3, 0.4) is 0 Å². The van der Waals surface area contributed by atoms with Crippen molar-refractivity contribution in [2.75, 3.05) is 13.2 Å². The molecule has 3 nitrogen and oxygen atoms in total. The number of aliphatic hydroxyl groups excluding tert-OH is 1. The molecule has 3 heteroatoms. The summed E-state index contributed by atoms with van der Waals surface area (Å²) in [4.78, 5) is 12.3. The molecular weight excluding hydrogens is 142 g/mol.